The predicted octanol–water partition coefficient (Wildman–Crippen LogP) is 3.73. The van der Waals surface area contributed by atoms with Crippen LogP contribution in [0.3, 0.4) is 0 Å². The molecule has 2 aromatic rings. The van der Waals surface area contributed by atoms with Gasteiger partial charge in [0.1, 0.15) is 5.75 Å². The Morgan fingerprint density at radius 2 is 2.17 bits per heavy atom. The van der Waals surface area contributed by atoms with Crippen molar-refractivity contribution in [3.8, 4) is 5.75 Å². The molecule has 0 aliphatic carbocycles. The molecule has 3 N–H and O–H groups in total. The van der Waals surface area contributed by atoms with Crippen LogP contribution in [-0.4, -0.2) is 7.11 Å². The number of methoxy groups -OCH3 is 1. The Morgan fingerprint density at radius 1 is 1.39 bits per heavy atom. The molecule has 0 saturated heterocycles. The number of halogens is 2. The van der Waals surface area contributed by atoms with Crippen molar-refractivity contribution in [2.75, 3.05) is 7.11 Å². The van der Waals surface area contributed by atoms with Crippen LogP contribution in [0.15, 0.2) is 33.4 Å². The largest absolute Gasteiger partial charge is 0.496 e. The fraction of sp³-hybridized carbons (Fsp3) is 0.167. The zero-order chi connectivity index (χ0) is 13.1. The quantitative estimate of drug-likeness (QED) is 0.654. The highest BCUT2D eigenvalue weighted by atomic mass is 79.9. The average Bonchev–Trinajstić information content (AvgIpc) is 2.78. The monoisotopic (exact) mass is 346 g/mol. The molecule has 3 nitrogen and oxygen atoms in total. The maximum Gasteiger partial charge on any atom is 0.125 e. The maximum atomic E-state index is 5.96. The summed E-state index contributed by atoms with van der Waals surface area (Å²) in [6, 6.07) is 5.37. The fourth-order valence-electron chi connectivity index (χ4n) is 1.77. The average molecular weight is 348 g/mol. The van der Waals surface area contributed by atoms with Crippen LogP contribution in [0, 0.1) is 0 Å². The first kappa shape index (κ1) is 13.8. The van der Waals surface area contributed by atoms with E-state index in [4.69, 9.17) is 22.2 Å². The third kappa shape index (κ3) is 2.70. The van der Waals surface area contributed by atoms with Crippen molar-refractivity contribution < 1.29 is 4.74 Å². The molecule has 0 aliphatic rings. The molecule has 6 heteroatoms. The molecule has 1 unspecified atom stereocenters. The number of nitrogens with two attached hydrogens (primary N) is 1. The minimum atomic E-state index is -0.141. The van der Waals surface area contributed by atoms with Gasteiger partial charge in [-0.25, -0.2) is 5.43 Å². The minimum Gasteiger partial charge on any atom is -0.496 e. The predicted molar refractivity (Wildman–Crippen MR) is 79.2 cm³/mol. The Bertz CT molecular complexity index is 547. The molecule has 1 heterocycles. The second-order valence-corrected chi connectivity index (χ2v) is 5.70. The summed E-state index contributed by atoms with van der Waals surface area (Å²) in [6.07, 6.45) is 0. The highest BCUT2D eigenvalue weighted by Gasteiger charge is 2.20. The van der Waals surface area contributed by atoms with E-state index in [0.717, 1.165) is 15.6 Å². The highest BCUT2D eigenvalue weighted by molar-refractivity contribution is 9.10. The molecule has 0 saturated carbocycles. The summed E-state index contributed by atoms with van der Waals surface area (Å²) in [4.78, 5) is 0. The first-order valence-electron chi connectivity index (χ1n) is 5.18. The Hall–Kier alpha value is -0.590. The van der Waals surface area contributed by atoms with E-state index in [0.29, 0.717) is 10.8 Å². The van der Waals surface area contributed by atoms with Crippen LogP contribution in [0.25, 0.3) is 0 Å². The van der Waals surface area contributed by atoms with E-state index in [9.17, 15) is 0 Å². The smallest absolute Gasteiger partial charge is 0.125 e. The third-order valence-electron chi connectivity index (χ3n) is 2.63. The molecule has 0 bridgehead atoms. The number of benzene rings is 1. The summed E-state index contributed by atoms with van der Waals surface area (Å²) >= 11 is 11.1. The second-order valence-electron chi connectivity index (χ2n) is 3.66. The van der Waals surface area contributed by atoms with E-state index < -0.39 is 0 Å². The molecule has 2 rings (SSSR count). The number of hydrazine groups is 1. The van der Waals surface area contributed by atoms with Crippen LogP contribution in [0.2, 0.25) is 5.02 Å². The second kappa shape index (κ2) is 6.04. The standard InChI is InChI=1S/C12H12BrClN2OS/c1-17-11-4-7(14)2-3-8(11)12(16-15)9-5-18-6-10(9)13/h2-6,12,16H,15H2,1H3. The lowest BCUT2D eigenvalue weighted by Crippen LogP contribution is -2.29. The van der Waals surface area contributed by atoms with E-state index >= 15 is 0 Å². The highest BCUT2D eigenvalue weighted by Crippen LogP contribution is 2.36. The van der Waals surface area contributed by atoms with Gasteiger partial charge in [0.05, 0.1) is 13.2 Å². The first-order chi connectivity index (χ1) is 8.67. The molecule has 0 fully saturated rings. The van der Waals surface area contributed by atoms with Crippen LogP contribution in [0.4, 0.5) is 0 Å². The molecule has 96 valence electrons. The molecule has 18 heavy (non-hydrogen) atoms. The zero-order valence-corrected chi connectivity index (χ0v) is 12.8. The molecule has 1 aromatic carbocycles. The molecule has 0 amide bonds. The van der Waals surface area contributed by atoms with E-state index in [1.54, 1.807) is 24.5 Å². The van der Waals surface area contributed by atoms with Crippen LogP contribution in [0.5, 0.6) is 5.75 Å². The molecular formula is C12H12BrClN2OS. The summed E-state index contributed by atoms with van der Waals surface area (Å²) < 4.78 is 6.38. The summed E-state index contributed by atoms with van der Waals surface area (Å²) in [7, 11) is 1.62. The summed E-state index contributed by atoms with van der Waals surface area (Å²) in [5.74, 6) is 6.38. The van der Waals surface area contributed by atoms with Crippen molar-refractivity contribution in [1.29, 1.82) is 0 Å². The van der Waals surface area contributed by atoms with Gasteiger partial charge in [-0.15, -0.1) is 0 Å². The fourth-order valence-corrected chi connectivity index (χ4v) is 3.48. The SMILES string of the molecule is COc1cc(Cl)ccc1C(NN)c1cscc1Br. The number of hydrogen-bond donors (Lipinski definition) is 2. The number of ether oxygens (including phenoxy) is 1. The van der Waals surface area contributed by atoms with E-state index in [-0.39, 0.29) is 6.04 Å². The Kier molecular flexibility index (Phi) is 4.64. The van der Waals surface area contributed by atoms with Crippen molar-refractivity contribution in [2.24, 2.45) is 5.84 Å². The Labute approximate surface area is 123 Å². The number of rotatable bonds is 4. The van der Waals surface area contributed by atoms with Gasteiger partial charge in [-0.1, -0.05) is 17.7 Å². The van der Waals surface area contributed by atoms with Gasteiger partial charge in [0.25, 0.3) is 0 Å². The third-order valence-corrected chi connectivity index (χ3v) is 4.61. The Balaban J connectivity index is 2.48. The molecule has 0 spiro atoms. The van der Waals surface area contributed by atoms with Gasteiger partial charge in [-0.2, -0.15) is 11.3 Å². The van der Waals surface area contributed by atoms with E-state index in [2.05, 4.69) is 21.4 Å². The summed E-state index contributed by atoms with van der Waals surface area (Å²) in [6.45, 7) is 0. The number of nitrogens with one attached hydrogen (secondary N) is 1. The minimum absolute atomic E-state index is 0.141. The van der Waals surface area contributed by atoms with Crippen molar-refractivity contribution >= 4 is 38.9 Å². The van der Waals surface area contributed by atoms with Gasteiger partial charge >= 0.3 is 0 Å². The maximum absolute atomic E-state index is 5.96. The van der Waals surface area contributed by atoms with Gasteiger partial charge in [-0.3, -0.25) is 5.84 Å². The lowest BCUT2D eigenvalue weighted by Gasteiger charge is -2.19. The molecule has 0 aliphatic heterocycles. The molecule has 0 radical (unpaired) electrons. The van der Waals surface area contributed by atoms with Gasteiger partial charge in [0, 0.05) is 20.4 Å². The molecule has 1 aromatic heterocycles. The van der Waals surface area contributed by atoms with Crippen molar-refractivity contribution in [3.05, 3.63) is 49.6 Å². The van der Waals surface area contributed by atoms with E-state index in [1.807, 2.05) is 22.9 Å². The first-order valence-corrected chi connectivity index (χ1v) is 7.30. The van der Waals surface area contributed by atoms with Gasteiger partial charge in [0.2, 0.25) is 0 Å². The Morgan fingerprint density at radius 3 is 2.72 bits per heavy atom. The van der Waals surface area contributed by atoms with Gasteiger partial charge in [-0.05, 0) is 39.0 Å². The van der Waals surface area contributed by atoms with Crippen molar-refractivity contribution in [1.82, 2.24) is 5.43 Å². The van der Waals surface area contributed by atoms with Gasteiger partial charge in [0.15, 0.2) is 0 Å². The van der Waals surface area contributed by atoms with Crippen LogP contribution < -0.4 is 16.0 Å². The summed E-state index contributed by atoms with van der Waals surface area (Å²) in [5, 5.41) is 4.70. The topological polar surface area (TPSA) is 47.3 Å². The normalized spacial score (nSPS) is 12.4. The zero-order valence-electron chi connectivity index (χ0n) is 9.61. The van der Waals surface area contributed by atoms with Crippen molar-refractivity contribution in [3.63, 3.8) is 0 Å². The number of thiophene rings is 1. The lowest BCUT2D eigenvalue weighted by atomic mass is 10.0. The van der Waals surface area contributed by atoms with Crippen LogP contribution >= 0.6 is 38.9 Å². The van der Waals surface area contributed by atoms with E-state index in [1.165, 1.54) is 0 Å². The summed E-state index contributed by atoms with van der Waals surface area (Å²) in [5.41, 5.74) is 4.83. The number of hydrogen-bond acceptors (Lipinski definition) is 4. The van der Waals surface area contributed by atoms with Crippen LogP contribution in [0.1, 0.15) is 17.2 Å². The molecular weight excluding hydrogens is 336 g/mol. The van der Waals surface area contributed by atoms with Crippen LogP contribution in [-0.2, 0) is 0 Å². The van der Waals surface area contributed by atoms with Crippen molar-refractivity contribution in [2.45, 2.75) is 6.04 Å². The van der Waals surface area contributed by atoms with Gasteiger partial charge < -0.3 is 4.74 Å². The lowest BCUT2D eigenvalue weighted by molar-refractivity contribution is 0.404. The molecule has 1 atom stereocenters.